The van der Waals surface area contributed by atoms with Crippen molar-refractivity contribution in [2.24, 2.45) is 5.73 Å². The summed E-state index contributed by atoms with van der Waals surface area (Å²) in [7, 11) is 0. The van der Waals surface area contributed by atoms with E-state index in [1.165, 1.54) is 4.46 Å². The van der Waals surface area contributed by atoms with Crippen LogP contribution in [-0.2, 0) is 0 Å². The summed E-state index contributed by atoms with van der Waals surface area (Å²) in [5.74, 6) is -0.353. The normalized spacial score (nSPS) is 10.0. The first kappa shape index (κ1) is 10.9. The summed E-state index contributed by atoms with van der Waals surface area (Å²) in [6, 6.07) is 17.6. The minimum absolute atomic E-state index is 0.132. The monoisotopic (exact) mass is 277 g/mol. The molecular formula is C13H11NOSe. The number of amides is 1. The zero-order valence-corrected chi connectivity index (χ0v) is 10.3. The topological polar surface area (TPSA) is 43.1 Å². The predicted octanol–water partition coefficient (Wildman–Crippen LogP) is 0.440. The molecule has 0 atom stereocenters. The molecule has 0 radical (unpaired) electrons. The van der Waals surface area contributed by atoms with E-state index in [1.807, 2.05) is 36.4 Å². The van der Waals surface area contributed by atoms with Gasteiger partial charge in [-0.2, -0.15) is 0 Å². The zero-order chi connectivity index (χ0) is 11.4. The first-order chi connectivity index (χ1) is 7.77. The second-order valence-electron chi connectivity index (χ2n) is 3.28. The number of carbonyl (C=O) groups excluding carboxylic acids is 1. The predicted molar refractivity (Wildman–Crippen MR) is 66.4 cm³/mol. The van der Waals surface area contributed by atoms with Crippen molar-refractivity contribution in [2.75, 3.05) is 0 Å². The van der Waals surface area contributed by atoms with Crippen molar-refractivity contribution < 1.29 is 4.79 Å². The van der Waals surface area contributed by atoms with Gasteiger partial charge in [-0.25, -0.2) is 0 Å². The summed E-state index contributed by atoms with van der Waals surface area (Å²) < 4.78 is 2.28. The minimum atomic E-state index is -0.353. The van der Waals surface area contributed by atoms with Crippen molar-refractivity contribution in [1.82, 2.24) is 0 Å². The van der Waals surface area contributed by atoms with Crippen molar-refractivity contribution >= 4 is 29.8 Å². The molecule has 0 spiro atoms. The van der Waals surface area contributed by atoms with Gasteiger partial charge in [0.05, 0.1) is 0 Å². The molecule has 2 aromatic rings. The number of rotatable bonds is 3. The molecule has 80 valence electrons. The molecule has 2 N–H and O–H groups in total. The molecule has 2 aromatic carbocycles. The van der Waals surface area contributed by atoms with Gasteiger partial charge in [0, 0.05) is 0 Å². The van der Waals surface area contributed by atoms with Crippen LogP contribution in [0.2, 0.25) is 0 Å². The molecule has 0 aromatic heterocycles. The van der Waals surface area contributed by atoms with Crippen molar-refractivity contribution in [1.29, 1.82) is 0 Å². The first-order valence-corrected chi connectivity index (χ1v) is 6.60. The van der Waals surface area contributed by atoms with Crippen LogP contribution in [0.5, 0.6) is 0 Å². The van der Waals surface area contributed by atoms with E-state index in [-0.39, 0.29) is 20.9 Å². The number of hydrogen-bond acceptors (Lipinski definition) is 1. The van der Waals surface area contributed by atoms with Gasteiger partial charge in [0.1, 0.15) is 0 Å². The Bertz CT molecular complexity index is 496. The van der Waals surface area contributed by atoms with E-state index in [4.69, 9.17) is 5.73 Å². The Morgan fingerprint density at radius 1 is 0.938 bits per heavy atom. The maximum atomic E-state index is 11.2. The van der Waals surface area contributed by atoms with Gasteiger partial charge in [-0.3, -0.25) is 0 Å². The molecule has 1 amide bonds. The third-order valence-corrected chi connectivity index (χ3v) is 4.40. The van der Waals surface area contributed by atoms with Crippen molar-refractivity contribution in [3.05, 3.63) is 60.2 Å². The summed E-state index contributed by atoms with van der Waals surface area (Å²) in [5, 5.41) is 0. The summed E-state index contributed by atoms with van der Waals surface area (Å²) >= 11 is 0.132. The molecule has 0 unspecified atom stereocenters. The first-order valence-electron chi connectivity index (χ1n) is 4.89. The van der Waals surface area contributed by atoms with Gasteiger partial charge in [0.15, 0.2) is 0 Å². The Balaban J connectivity index is 2.31. The molecule has 2 rings (SSSR count). The van der Waals surface area contributed by atoms with E-state index in [1.54, 1.807) is 6.07 Å². The number of carbonyl (C=O) groups is 1. The second-order valence-corrected chi connectivity index (χ2v) is 5.62. The summed E-state index contributed by atoms with van der Waals surface area (Å²) in [6.45, 7) is 0. The quantitative estimate of drug-likeness (QED) is 0.812. The molecule has 3 heteroatoms. The van der Waals surface area contributed by atoms with Gasteiger partial charge >= 0.3 is 100 Å². The molecule has 0 saturated heterocycles. The summed E-state index contributed by atoms with van der Waals surface area (Å²) in [6.07, 6.45) is 0. The number of benzene rings is 2. The number of hydrogen-bond donors (Lipinski definition) is 1. The van der Waals surface area contributed by atoms with Crippen molar-refractivity contribution in [3.63, 3.8) is 0 Å². The molecule has 0 heterocycles. The standard InChI is InChI=1S/C13H11NOSe/c14-13(15)11-8-4-5-9-12(11)16-10-6-2-1-3-7-10/h1-9H,(H2,14,15). The van der Waals surface area contributed by atoms with Crippen molar-refractivity contribution in [3.8, 4) is 0 Å². The van der Waals surface area contributed by atoms with E-state index in [2.05, 4.69) is 12.1 Å². The maximum absolute atomic E-state index is 11.2. The SMILES string of the molecule is NC(=O)c1ccccc1[Se]c1ccccc1. The van der Waals surface area contributed by atoms with E-state index in [0.717, 1.165) is 4.46 Å². The van der Waals surface area contributed by atoms with E-state index in [9.17, 15) is 4.79 Å². The van der Waals surface area contributed by atoms with Gasteiger partial charge in [0.25, 0.3) is 0 Å². The van der Waals surface area contributed by atoms with Gasteiger partial charge in [-0.05, 0) is 0 Å². The Morgan fingerprint density at radius 2 is 1.56 bits per heavy atom. The zero-order valence-electron chi connectivity index (χ0n) is 8.59. The molecule has 0 aliphatic rings. The number of primary amides is 1. The Kier molecular flexibility index (Phi) is 3.40. The molecule has 0 bridgehead atoms. The Hall–Kier alpha value is -1.57. The Morgan fingerprint density at radius 3 is 2.25 bits per heavy atom. The van der Waals surface area contributed by atoms with Crippen LogP contribution in [0.3, 0.4) is 0 Å². The van der Waals surface area contributed by atoms with Crippen molar-refractivity contribution in [2.45, 2.75) is 0 Å². The van der Waals surface area contributed by atoms with Gasteiger partial charge in [-0.15, -0.1) is 0 Å². The van der Waals surface area contributed by atoms with Crippen LogP contribution in [0.4, 0.5) is 0 Å². The van der Waals surface area contributed by atoms with E-state index < -0.39 is 0 Å². The molecule has 0 fully saturated rings. The fourth-order valence-corrected chi connectivity index (χ4v) is 3.41. The van der Waals surface area contributed by atoms with E-state index >= 15 is 0 Å². The fourth-order valence-electron chi connectivity index (χ4n) is 1.37. The van der Waals surface area contributed by atoms with Gasteiger partial charge in [0.2, 0.25) is 0 Å². The van der Waals surface area contributed by atoms with E-state index in [0.29, 0.717) is 5.56 Å². The summed E-state index contributed by atoms with van der Waals surface area (Å²) in [4.78, 5) is 11.2. The summed E-state index contributed by atoms with van der Waals surface area (Å²) in [5.41, 5.74) is 5.97. The Labute approximate surface area is 101 Å². The molecule has 0 aliphatic carbocycles. The van der Waals surface area contributed by atoms with Crippen LogP contribution in [0.1, 0.15) is 10.4 Å². The van der Waals surface area contributed by atoms with Crippen LogP contribution < -0.4 is 14.7 Å². The van der Waals surface area contributed by atoms with Gasteiger partial charge < -0.3 is 0 Å². The molecule has 2 nitrogen and oxygen atoms in total. The third kappa shape index (κ3) is 2.51. The molecule has 16 heavy (non-hydrogen) atoms. The average molecular weight is 276 g/mol. The van der Waals surface area contributed by atoms with Crippen LogP contribution >= 0.6 is 0 Å². The van der Waals surface area contributed by atoms with Crippen LogP contribution in [-0.4, -0.2) is 20.9 Å². The third-order valence-electron chi connectivity index (χ3n) is 2.12. The second kappa shape index (κ2) is 4.97. The molecule has 0 aliphatic heterocycles. The molecular weight excluding hydrogens is 265 g/mol. The fraction of sp³-hybridized carbons (Fsp3) is 0. The molecule has 0 saturated carbocycles. The van der Waals surface area contributed by atoms with Crippen LogP contribution in [0, 0.1) is 0 Å². The van der Waals surface area contributed by atoms with Crippen LogP contribution in [0.15, 0.2) is 54.6 Å². The van der Waals surface area contributed by atoms with Crippen LogP contribution in [0.25, 0.3) is 0 Å². The average Bonchev–Trinajstić information content (AvgIpc) is 2.31. The van der Waals surface area contributed by atoms with Gasteiger partial charge in [-0.1, -0.05) is 0 Å². The number of nitrogens with two attached hydrogens (primary N) is 1.